The van der Waals surface area contributed by atoms with E-state index in [0.717, 1.165) is 22.8 Å². The second-order valence-electron chi connectivity index (χ2n) is 5.40. The predicted octanol–water partition coefficient (Wildman–Crippen LogP) is 3.40. The molecule has 0 aliphatic rings. The Labute approximate surface area is 157 Å². The quantitative estimate of drug-likeness (QED) is 0.510. The second kappa shape index (κ2) is 7.63. The Morgan fingerprint density at radius 2 is 1.96 bits per heavy atom. The Hall–Kier alpha value is -2.78. The van der Waals surface area contributed by atoms with E-state index in [-0.39, 0.29) is 11.7 Å². The van der Waals surface area contributed by atoms with Gasteiger partial charge in [0.05, 0.1) is 29.6 Å². The molecule has 9 heteroatoms. The summed E-state index contributed by atoms with van der Waals surface area (Å²) in [4.78, 5) is 12.2. The molecule has 0 radical (unpaired) electrons. The zero-order valence-electron chi connectivity index (χ0n) is 13.5. The zero-order valence-corrected chi connectivity index (χ0v) is 15.1. The largest absolute Gasteiger partial charge is 0.416 e. The molecule has 130 valence electrons. The first-order chi connectivity index (χ1) is 12.8. The molecule has 0 saturated heterocycles. The van der Waals surface area contributed by atoms with Crippen LogP contribution in [0.4, 0.5) is 5.69 Å². The average Bonchev–Trinajstić information content (AvgIpc) is 3.31. The number of aromatic nitrogens is 4. The van der Waals surface area contributed by atoms with Crippen molar-refractivity contribution in [2.24, 2.45) is 0 Å². The lowest BCUT2D eigenvalue weighted by molar-refractivity contribution is -0.113. The fourth-order valence-corrected chi connectivity index (χ4v) is 3.49. The predicted molar refractivity (Wildman–Crippen MR) is 100 cm³/mol. The van der Waals surface area contributed by atoms with E-state index in [4.69, 9.17) is 4.42 Å². The Balaban J connectivity index is 1.34. The van der Waals surface area contributed by atoms with Gasteiger partial charge in [-0.25, -0.2) is 0 Å². The van der Waals surface area contributed by atoms with E-state index >= 15 is 0 Å². The summed E-state index contributed by atoms with van der Waals surface area (Å²) in [5.74, 6) is 0.525. The number of amides is 1. The van der Waals surface area contributed by atoms with Gasteiger partial charge in [0.2, 0.25) is 11.8 Å². The Morgan fingerprint density at radius 3 is 2.85 bits per heavy atom. The number of nitrogens with one attached hydrogen (secondary N) is 1. The first-order valence-electron chi connectivity index (χ1n) is 7.78. The van der Waals surface area contributed by atoms with Crippen LogP contribution >= 0.6 is 23.5 Å². The molecule has 4 aromatic rings. The third-order valence-corrected chi connectivity index (χ3v) is 4.89. The smallest absolute Gasteiger partial charge is 0.277 e. The van der Waals surface area contributed by atoms with Crippen LogP contribution in [0.15, 0.2) is 58.2 Å². The molecule has 0 spiro atoms. The van der Waals surface area contributed by atoms with Gasteiger partial charge in [-0.15, -0.1) is 10.2 Å². The van der Waals surface area contributed by atoms with E-state index in [1.165, 1.54) is 11.8 Å². The fraction of sp³-hybridized carbons (Fsp3) is 0.118. The summed E-state index contributed by atoms with van der Waals surface area (Å²) in [7, 11) is 0. The van der Waals surface area contributed by atoms with Crippen molar-refractivity contribution in [1.29, 1.82) is 0 Å². The van der Waals surface area contributed by atoms with Gasteiger partial charge in [0.25, 0.3) is 5.22 Å². The molecule has 2 aromatic heterocycles. The maximum Gasteiger partial charge on any atom is 0.277 e. The highest BCUT2D eigenvalue weighted by Gasteiger charge is 2.12. The molecule has 0 unspecified atom stereocenters. The van der Waals surface area contributed by atoms with Gasteiger partial charge in [-0.2, -0.15) is 8.75 Å². The van der Waals surface area contributed by atoms with Gasteiger partial charge in [0.1, 0.15) is 11.0 Å². The van der Waals surface area contributed by atoms with Gasteiger partial charge >= 0.3 is 0 Å². The van der Waals surface area contributed by atoms with Crippen molar-refractivity contribution >= 4 is 46.1 Å². The van der Waals surface area contributed by atoms with Gasteiger partial charge in [0.15, 0.2) is 0 Å². The molecule has 0 aliphatic heterocycles. The van der Waals surface area contributed by atoms with Crippen LogP contribution in [0.1, 0.15) is 11.5 Å². The minimum atomic E-state index is -0.168. The summed E-state index contributed by atoms with van der Waals surface area (Å²) in [6.45, 7) is 0. The monoisotopic (exact) mass is 383 g/mol. The normalized spacial score (nSPS) is 10.9. The summed E-state index contributed by atoms with van der Waals surface area (Å²) in [5, 5.41) is 11.2. The van der Waals surface area contributed by atoms with Crippen LogP contribution in [-0.4, -0.2) is 30.6 Å². The highest BCUT2D eigenvalue weighted by Crippen LogP contribution is 2.22. The molecule has 26 heavy (non-hydrogen) atoms. The lowest BCUT2D eigenvalue weighted by atomic mass is 10.2. The topological polar surface area (TPSA) is 93.8 Å². The summed E-state index contributed by atoms with van der Waals surface area (Å²) in [5.41, 5.74) is 3.20. The molecule has 1 amide bonds. The SMILES string of the molecule is O=C(CSc1nnc(Cc2ccccc2)o1)Nc1cccc2nsnc12. The number of fused-ring (bicyclic) bond motifs is 1. The van der Waals surface area contributed by atoms with Crippen molar-refractivity contribution in [2.75, 3.05) is 11.1 Å². The van der Waals surface area contributed by atoms with E-state index in [9.17, 15) is 4.79 Å². The maximum atomic E-state index is 12.2. The van der Waals surface area contributed by atoms with Crippen molar-refractivity contribution in [1.82, 2.24) is 18.9 Å². The van der Waals surface area contributed by atoms with Crippen LogP contribution in [0, 0.1) is 0 Å². The van der Waals surface area contributed by atoms with Crippen LogP contribution < -0.4 is 5.32 Å². The first kappa shape index (κ1) is 16.7. The summed E-state index contributed by atoms with van der Waals surface area (Å²) >= 11 is 2.32. The average molecular weight is 383 g/mol. The lowest BCUT2D eigenvalue weighted by Crippen LogP contribution is -2.14. The third kappa shape index (κ3) is 3.89. The van der Waals surface area contributed by atoms with Gasteiger partial charge in [0, 0.05) is 0 Å². The van der Waals surface area contributed by atoms with Crippen molar-refractivity contribution in [2.45, 2.75) is 11.6 Å². The van der Waals surface area contributed by atoms with Crippen molar-refractivity contribution in [3.8, 4) is 0 Å². The van der Waals surface area contributed by atoms with Crippen molar-refractivity contribution < 1.29 is 9.21 Å². The van der Waals surface area contributed by atoms with Crippen LogP contribution in [0.2, 0.25) is 0 Å². The van der Waals surface area contributed by atoms with Crippen LogP contribution in [0.25, 0.3) is 11.0 Å². The third-order valence-electron chi connectivity index (χ3n) is 3.53. The molecule has 0 bridgehead atoms. The molecular weight excluding hydrogens is 370 g/mol. The number of thioether (sulfide) groups is 1. The van der Waals surface area contributed by atoms with Crippen LogP contribution in [0.5, 0.6) is 0 Å². The van der Waals surface area contributed by atoms with E-state index in [0.29, 0.717) is 28.7 Å². The van der Waals surface area contributed by atoms with E-state index < -0.39 is 0 Å². The van der Waals surface area contributed by atoms with Gasteiger partial charge in [-0.3, -0.25) is 4.79 Å². The summed E-state index contributed by atoms with van der Waals surface area (Å²) in [6.07, 6.45) is 0.569. The summed E-state index contributed by atoms with van der Waals surface area (Å²) < 4.78 is 13.9. The number of benzene rings is 2. The molecule has 2 heterocycles. The number of carbonyl (C=O) groups is 1. The van der Waals surface area contributed by atoms with E-state index in [1.54, 1.807) is 6.07 Å². The van der Waals surface area contributed by atoms with E-state index in [1.807, 2.05) is 42.5 Å². The molecule has 1 N–H and O–H groups in total. The number of carbonyl (C=O) groups excluding carboxylic acids is 1. The molecule has 0 fully saturated rings. The van der Waals surface area contributed by atoms with Crippen LogP contribution in [0.3, 0.4) is 0 Å². The molecule has 7 nitrogen and oxygen atoms in total. The van der Waals surface area contributed by atoms with Crippen molar-refractivity contribution in [3.63, 3.8) is 0 Å². The number of nitrogens with zero attached hydrogens (tertiary/aromatic N) is 4. The molecule has 4 rings (SSSR count). The number of anilines is 1. The molecule has 0 saturated carbocycles. The zero-order chi connectivity index (χ0) is 17.8. The number of hydrogen-bond acceptors (Lipinski definition) is 8. The highest BCUT2D eigenvalue weighted by atomic mass is 32.2. The molecule has 0 atom stereocenters. The first-order valence-corrected chi connectivity index (χ1v) is 9.50. The maximum absolute atomic E-state index is 12.2. The minimum absolute atomic E-state index is 0.168. The summed E-state index contributed by atoms with van der Waals surface area (Å²) in [6, 6.07) is 15.4. The number of hydrogen-bond donors (Lipinski definition) is 1. The highest BCUT2D eigenvalue weighted by molar-refractivity contribution is 7.99. The van der Waals surface area contributed by atoms with E-state index in [2.05, 4.69) is 24.3 Å². The standard InChI is InChI=1S/C17H13N5O2S2/c23-14(18-12-7-4-8-13-16(12)22-26-21-13)10-25-17-20-19-15(24-17)9-11-5-2-1-3-6-11/h1-8H,9-10H2,(H,18,23). The number of rotatable bonds is 6. The Kier molecular flexibility index (Phi) is 4.89. The van der Waals surface area contributed by atoms with Gasteiger partial charge < -0.3 is 9.73 Å². The van der Waals surface area contributed by atoms with Gasteiger partial charge in [-0.05, 0) is 17.7 Å². The van der Waals surface area contributed by atoms with Gasteiger partial charge in [-0.1, -0.05) is 48.2 Å². The van der Waals surface area contributed by atoms with Crippen LogP contribution in [-0.2, 0) is 11.2 Å². The molecule has 0 aliphatic carbocycles. The molecule has 2 aromatic carbocycles. The molecular formula is C17H13N5O2S2. The minimum Gasteiger partial charge on any atom is -0.416 e. The Bertz CT molecular complexity index is 1030. The second-order valence-corrected chi connectivity index (χ2v) is 6.85. The fourth-order valence-electron chi connectivity index (χ4n) is 2.36. The Morgan fingerprint density at radius 1 is 1.08 bits per heavy atom. The lowest BCUT2D eigenvalue weighted by Gasteiger charge is -2.04. The van der Waals surface area contributed by atoms with Crippen molar-refractivity contribution in [3.05, 3.63) is 60.0 Å².